The predicted molar refractivity (Wildman–Crippen MR) is 75.0 cm³/mol. The van der Waals surface area contributed by atoms with Crippen LogP contribution in [-0.2, 0) is 9.53 Å². The lowest BCUT2D eigenvalue weighted by atomic mass is 9.86. The number of carbonyl (C=O) groups is 1. The van der Waals surface area contributed by atoms with Gasteiger partial charge in [-0.15, -0.1) is 0 Å². The van der Waals surface area contributed by atoms with Crippen molar-refractivity contribution in [1.82, 2.24) is 10.2 Å². The lowest BCUT2D eigenvalue weighted by Crippen LogP contribution is -2.48. The molecule has 4 atom stereocenters. The van der Waals surface area contributed by atoms with E-state index in [0.29, 0.717) is 6.04 Å². The summed E-state index contributed by atoms with van der Waals surface area (Å²) >= 11 is 0. The largest absolute Gasteiger partial charge is 0.378 e. The fraction of sp³-hybridized carbons (Fsp3) is 0.933. The summed E-state index contributed by atoms with van der Waals surface area (Å²) < 4.78 is 5.30. The van der Waals surface area contributed by atoms with Crippen LogP contribution in [0.25, 0.3) is 0 Å². The van der Waals surface area contributed by atoms with E-state index in [2.05, 4.69) is 10.2 Å². The first-order chi connectivity index (χ1) is 9.68. The molecule has 20 heavy (non-hydrogen) atoms. The van der Waals surface area contributed by atoms with Gasteiger partial charge in [-0.2, -0.15) is 0 Å². The molecule has 112 valence electrons. The van der Waals surface area contributed by atoms with Gasteiger partial charge in [0.25, 0.3) is 0 Å². The molecule has 0 aromatic carbocycles. The summed E-state index contributed by atoms with van der Waals surface area (Å²) in [4.78, 5) is 14.1. The van der Waals surface area contributed by atoms with Crippen molar-refractivity contribution in [2.45, 2.75) is 37.3 Å². The first kappa shape index (κ1) is 13.0. The van der Waals surface area contributed by atoms with Crippen molar-refractivity contribution >= 4 is 5.91 Å². The topological polar surface area (TPSA) is 67.6 Å². The van der Waals surface area contributed by atoms with E-state index in [0.717, 1.165) is 44.4 Å². The van der Waals surface area contributed by atoms with Crippen molar-refractivity contribution in [3.8, 4) is 0 Å². The molecule has 4 rings (SSSR count). The van der Waals surface area contributed by atoms with E-state index < -0.39 is 0 Å². The zero-order valence-corrected chi connectivity index (χ0v) is 12.0. The number of piperidine rings is 1. The van der Waals surface area contributed by atoms with E-state index in [4.69, 9.17) is 10.5 Å². The summed E-state index contributed by atoms with van der Waals surface area (Å²) in [6.45, 7) is 5.25. The minimum atomic E-state index is -0.101. The van der Waals surface area contributed by atoms with Gasteiger partial charge in [-0.1, -0.05) is 0 Å². The van der Waals surface area contributed by atoms with Crippen molar-refractivity contribution in [1.29, 1.82) is 0 Å². The Morgan fingerprint density at radius 3 is 2.85 bits per heavy atom. The molecule has 3 aliphatic heterocycles. The van der Waals surface area contributed by atoms with Gasteiger partial charge in [0.15, 0.2) is 0 Å². The number of nitrogens with two attached hydrogens (primary N) is 1. The van der Waals surface area contributed by atoms with Crippen LogP contribution in [-0.4, -0.2) is 55.2 Å². The molecule has 4 aliphatic rings. The van der Waals surface area contributed by atoms with Crippen LogP contribution in [0.2, 0.25) is 0 Å². The number of amides is 1. The molecule has 0 bridgehead atoms. The fourth-order valence-electron chi connectivity index (χ4n) is 4.65. The van der Waals surface area contributed by atoms with Gasteiger partial charge >= 0.3 is 0 Å². The Morgan fingerprint density at radius 2 is 2.15 bits per heavy atom. The highest BCUT2D eigenvalue weighted by Gasteiger charge is 2.60. The number of ether oxygens (including phenoxy) is 1. The van der Waals surface area contributed by atoms with Crippen molar-refractivity contribution in [2.75, 3.05) is 32.8 Å². The first-order valence-corrected chi connectivity index (χ1v) is 8.04. The summed E-state index contributed by atoms with van der Waals surface area (Å²) in [5.41, 5.74) is 5.76. The van der Waals surface area contributed by atoms with Gasteiger partial charge in [0.1, 0.15) is 0 Å². The maximum atomic E-state index is 11.5. The number of hydrogen-bond acceptors (Lipinski definition) is 4. The third kappa shape index (κ3) is 2.07. The average Bonchev–Trinajstić information content (AvgIpc) is 2.83. The van der Waals surface area contributed by atoms with Crippen LogP contribution in [0.3, 0.4) is 0 Å². The highest BCUT2D eigenvalue weighted by atomic mass is 16.5. The third-order valence-corrected chi connectivity index (χ3v) is 6.08. The highest BCUT2D eigenvalue weighted by Crippen LogP contribution is 2.55. The molecule has 5 heteroatoms. The van der Waals surface area contributed by atoms with E-state index >= 15 is 0 Å². The molecule has 3 saturated heterocycles. The van der Waals surface area contributed by atoms with Crippen molar-refractivity contribution in [2.24, 2.45) is 23.5 Å². The number of carbonyl (C=O) groups excluding carboxylic acids is 1. The Balaban J connectivity index is 1.36. The molecule has 3 unspecified atom stereocenters. The summed E-state index contributed by atoms with van der Waals surface area (Å²) in [7, 11) is 0. The van der Waals surface area contributed by atoms with Crippen molar-refractivity contribution in [3.63, 3.8) is 0 Å². The van der Waals surface area contributed by atoms with E-state index in [-0.39, 0.29) is 17.4 Å². The van der Waals surface area contributed by atoms with E-state index in [9.17, 15) is 4.79 Å². The van der Waals surface area contributed by atoms with Gasteiger partial charge in [0, 0.05) is 18.0 Å². The van der Waals surface area contributed by atoms with Gasteiger partial charge in [-0.3, -0.25) is 9.69 Å². The summed E-state index contributed by atoms with van der Waals surface area (Å²) in [5.74, 6) is 1.56. The molecule has 0 aromatic rings. The summed E-state index contributed by atoms with van der Waals surface area (Å²) in [6.07, 6.45) is 4.44. The quantitative estimate of drug-likeness (QED) is 0.760. The molecule has 4 fully saturated rings. The lowest BCUT2D eigenvalue weighted by molar-refractivity contribution is -0.123. The molecule has 1 aliphatic carbocycles. The second-order valence-corrected chi connectivity index (χ2v) is 7.22. The van der Waals surface area contributed by atoms with Gasteiger partial charge in [-0.25, -0.2) is 0 Å². The van der Waals surface area contributed by atoms with Crippen LogP contribution in [0, 0.1) is 17.8 Å². The summed E-state index contributed by atoms with van der Waals surface area (Å²) in [6, 6.07) is 0.674. The molecule has 1 spiro atoms. The normalized spacial score (nSPS) is 45.5. The Labute approximate surface area is 120 Å². The smallest absolute Gasteiger partial charge is 0.220 e. The lowest BCUT2D eigenvalue weighted by Gasteiger charge is -2.35. The third-order valence-electron chi connectivity index (χ3n) is 6.08. The first-order valence-electron chi connectivity index (χ1n) is 8.04. The Hall–Kier alpha value is -0.650. The minimum absolute atomic E-state index is 0.0961. The Bertz CT molecular complexity index is 412. The Kier molecular flexibility index (Phi) is 3.05. The van der Waals surface area contributed by atoms with Gasteiger partial charge in [-0.05, 0) is 50.6 Å². The minimum Gasteiger partial charge on any atom is -0.378 e. The monoisotopic (exact) mass is 279 g/mol. The number of nitrogens with one attached hydrogen (secondary N) is 1. The molecule has 1 amide bonds. The van der Waals surface area contributed by atoms with E-state index in [1.54, 1.807) is 0 Å². The number of rotatable bonds is 3. The number of likely N-dealkylation sites (tertiary alicyclic amines) is 1. The van der Waals surface area contributed by atoms with Gasteiger partial charge < -0.3 is 15.8 Å². The van der Waals surface area contributed by atoms with Crippen LogP contribution in [0.5, 0.6) is 0 Å². The fourth-order valence-corrected chi connectivity index (χ4v) is 4.65. The van der Waals surface area contributed by atoms with E-state index in [1.165, 1.54) is 25.9 Å². The highest BCUT2D eigenvalue weighted by molar-refractivity contribution is 5.77. The molecule has 0 radical (unpaired) electrons. The van der Waals surface area contributed by atoms with Crippen LogP contribution >= 0.6 is 0 Å². The number of hydrogen-bond donors (Lipinski definition) is 2. The van der Waals surface area contributed by atoms with Gasteiger partial charge in [0.2, 0.25) is 5.91 Å². The SMILES string of the molecule is NC(=O)C1CCNC2(C1)CC2[C@@H]1CCN(C2COC2)C1. The van der Waals surface area contributed by atoms with Crippen LogP contribution in [0.1, 0.15) is 25.7 Å². The molecular formula is C15H25N3O2. The number of nitrogens with zero attached hydrogens (tertiary/aromatic N) is 1. The van der Waals surface area contributed by atoms with Crippen LogP contribution in [0.15, 0.2) is 0 Å². The van der Waals surface area contributed by atoms with Crippen molar-refractivity contribution < 1.29 is 9.53 Å². The zero-order valence-electron chi connectivity index (χ0n) is 12.0. The number of primary amides is 1. The molecule has 5 nitrogen and oxygen atoms in total. The average molecular weight is 279 g/mol. The molecule has 3 N–H and O–H groups in total. The molecule has 0 aromatic heterocycles. The Morgan fingerprint density at radius 1 is 1.30 bits per heavy atom. The second kappa shape index (κ2) is 4.68. The van der Waals surface area contributed by atoms with Crippen LogP contribution < -0.4 is 11.1 Å². The molecular weight excluding hydrogens is 254 g/mol. The standard InChI is InChI=1S/C15H25N3O2/c16-14(19)10-1-3-17-15(5-10)6-13(15)11-2-4-18(7-11)12-8-20-9-12/h10-13,17H,1-9H2,(H2,16,19)/t10?,11-,13?,15?/m1/s1. The van der Waals surface area contributed by atoms with Crippen LogP contribution in [0.4, 0.5) is 0 Å². The zero-order chi connectivity index (χ0) is 13.7. The van der Waals surface area contributed by atoms with E-state index in [1.807, 2.05) is 0 Å². The van der Waals surface area contributed by atoms with Gasteiger partial charge in [0.05, 0.1) is 19.3 Å². The molecule has 1 saturated carbocycles. The maximum absolute atomic E-state index is 11.5. The second-order valence-electron chi connectivity index (χ2n) is 7.22. The predicted octanol–water partition coefficient (Wildman–Crippen LogP) is -0.0493. The molecule has 3 heterocycles. The van der Waals surface area contributed by atoms with Crippen molar-refractivity contribution in [3.05, 3.63) is 0 Å². The maximum Gasteiger partial charge on any atom is 0.220 e. The summed E-state index contributed by atoms with van der Waals surface area (Å²) in [5, 5.41) is 3.70.